The molecule has 82 valence electrons. The summed E-state index contributed by atoms with van der Waals surface area (Å²) in [7, 11) is 0. The van der Waals surface area contributed by atoms with Crippen molar-refractivity contribution in [2.24, 2.45) is 0 Å². The van der Waals surface area contributed by atoms with Gasteiger partial charge < -0.3 is 9.94 Å². The first kappa shape index (κ1) is 10.5. The third-order valence-electron chi connectivity index (χ3n) is 2.48. The van der Waals surface area contributed by atoms with Gasteiger partial charge in [0.05, 0.1) is 18.2 Å². The van der Waals surface area contributed by atoms with E-state index in [0.717, 1.165) is 17.8 Å². The molecular formula is C10H13ClN2O2. The monoisotopic (exact) mass is 228 g/mol. The van der Waals surface area contributed by atoms with Crippen molar-refractivity contribution in [1.82, 2.24) is 0 Å². The van der Waals surface area contributed by atoms with Crippen LogP contribution >= 0.6 is 11.6 Å². The molecule has 1 saturated heterocycles. The number of pyridine rings is 1. The number of morpholine rings is 1. The second-order valence-electron chi connectivity index (χ2n) is 3.57. The van der Waals surface area contributed by atoms with Crippen LogP contribution in [0.2, 0.25) is 5.02 Å². The molecule has 0 bridgehead atoms. The van der Waals surface area contributed by atoms with Gasteiger partial charge in [-0.2, -0.15) is 0 Å². The van der Waals surface area contributed by atoms with Crippen LogP contribution in [0.5, 0.6) is 0 Å². The van der Waals surface area contributed by atoms with Crippen LogP contribution in [0.4, 0.5) is 5.82 Å². The Bertz CT molecular complexity index is 365. The molecule has 1 aromatic heterocycles. The maximum absolute atomic E-state index is 11.8. The highest BCUT2D eigenvalue weighted by molar-refractivity contribution is 6.30. The van der Waals surface area contributed by atoms with Crippen LogP contribution in [-0.2, 0) is 4.74 Å². The summed E-state index contributed by atoms with van der Waals surface area (Å²) in [6.07, 6.45) is 0. The maximum atomic E-state index is 11.8. The van der Waals surface area contributed by atoms with E-state index in [-0.39, 0.29) is 0 Å². The van der Waals surface area contributed by atoms with Crippen LogP contribution in [0.3, 0.4) is 0 Å². The fraction of sp³-hybridized carbons (Fsp3) is 0.500. The van der Waals surface area contributed by atoms with E-state index in [1.54, 1.807) is 19.1 Å². The average molecular weight is 229 g/mol. The maximum Gasteiger partial charge on any atom is 0.281 e. The number of hydrogen-bond donors (Lipinski definition) is 0. The van der Waals surface area contributed by atoms with E-state index >= 15 is 0 Å². The van der Waals surface area contributed by atoms with Crippen LogP contribution in [0.1, 0.15) is 5.69 Å². The molecule has 1 fully saturated rings. The summed E-state index contributed by atoms with van der Waals surface area (Å²) >= 11 is 5.93. The van der Waals surface area contributed by atoms with Gasteiger partial charge in [-0.1, -0.05) is 11.6 Å². The predicted octanol–water partition coefficient (Wildman–Crippen LogP) is 1.12. The van der Waals surface area contributed by atoms with Crippen molar-refractivity contribution >= 4 is 17.4 Å². The average Bonchev–Trinajstić information content (AvgIpc) is 2.24. The van der Waals surface area contributed by atoms with Gasteiger partial charge in [0.1, 0.15) is 18.8 Å². The van der Waals surface area contributed by atoms with Crippen molar-refractivity contribution in [3.05, 3.63) is 28.1 Å². The predicted molar refractivity (Wildman–Crippen MR) is 58.2 cm³/mol. The van der Waals surface area contributed by atoms with E-state index in [1.165, 1.54) is 0 Å². The lowest BCUT2D eigenvalue weighted by Gasteiger charge is -2.25. The Labute approximate surface area is 93.6 Å². The zero-order chi connectivity index (χ0) is 10.8. The molecule has 0 radical (unpaired) electrons. The number of aromatic nitrogens is 1. The third-order valence-corrected chi connectivity index (χ3v) is 2.70. The normalized spacial score (nSPS) is 16.8. The first-order valence-corrected chi connectivity index (χ1v) is 5.28. The summed E-state index contributed by atoms with van der Waals surface area (Å²) in [6.45, 7) is 4.55. The third kappa shape index (κ3) is 2.16. The lowest BCUT2D eigenvalue weighted by atomic mass is 10.3. The van der Waals surface area contributed by atoms with E-state index in [0.29, 0.717) is 29.7 Å². The largest absolute Gasteiger partial charge is 0.710 e. The molecule has 0 saturated carbocycles. The molecule has 1 aromatic rings. The summed E-state index contributed by atoms with van der Waals surface area (Å²) in [4.78, 5) is 2.00. The van der Waals surface area contributed by atoms with E-state index in [9.17, 15) is 5.21 Å². The molecule has 0 spiro atoms. The van der Waals surface area contributed by atoms with Gasteiger partial charge in [-0.05, 0) is 13.0 Å². The number of rotatable bonds is 1. The summed E-state index contributed by atoms with van der Waals surface area (Å²) in [5.74, 6) is 0.614. The quantitative estimate of drug-likeness (QED) is 0.534. The van der Waals surface area contributed by atoms with Gasteiger partial charge in [-0.3, -0.25) is 4.90 Å². The van der Waals surface area contributed by atoms with Gasteiger partial charge >= 0.3 is 0 Å². The minimum Gasteiger partial charge on any atom is -0.710 e. The fourth-order valence-electron chi connectivity index (χ4n) is 1.67. The first-order chi connectivity index (χ1) is 7.18. The minimum atomic E-state index is 0.598. The number of nitrogens with zero attached hydrogens (tertiary/aromatic N) is 2. The molecule has 0 aromatic carbocycles. The highest BCUT2D eigenvalue weighted by Crippen LogP contribution is 2.17. The molecule has 2 rings (SSSR count). The molecule has 5 heteroatoms. The van der Waals surface area contributed by atoms with Crippen molar-refractivity contribution in [2.75, 3.05) is 31.2 Å². The van der Waals surface area contributed by atoms with Gasteiger partial charge in [-0.25, -0.2) is 4.73 Å². The number of ether oxygens (including phenoxy) is 1. The van der Waals surface area contributed by atoms with E-state index < -0.39 is 0 Å². The Morgan fingerprint density at radius 2 is 2.07 bits per heavy atom. The van der Waals surface area contributed by atoms with Crippen molar-refractivity contribution in [2.45, 2.75) is 6.92 Å². The van der Waals surface area contributed by atoms with Crippen LogP contribution in [0.15, 0.2) is 12.1 Å². The molecule has 2 heterocycles. The summed E-state index contributed by atoms with van der Waals surface area (Å²) in [5.41, 5.74) is 0.615. The van der Waals surface area contributed by atoms with E-state index in [2.05, 4.69) is 0 Å². The molecule has 0 aliphatic carbocycles. The Balaban J connectivity index is 2.33. The first-order valence-electron chi connectivity index (χ1n) is 4.91. The molecule has 15 heavy (non-hydrogen) atoms. The number of halogens is 1. The molecule has 0 N–H and O–H groups in total. The molecule has 1 aliphatic rings. The Morgan fingerprint density at radius 1 is 1.40 bits per heavy atom. The molecule has 1 aliphatic heterocycles. The zero-order valence-electron chi connectivity index (χ0n) is 8.57. The van der Waals surface area contributed by atoms with Gasteiger partial charge in [0.15, 0.2) is 0 Å². The smallest absolute Gasteiger partial charge is 0.281 e. The van der Waals surface area contributed by atoms with Crippen molar-refractivity contribution in [3.8, 4) is 0 Å². The minimum absolute atomic E-state index is 0.598. The fourth-order valence-corrected chi connectivity index (χ4v) is 1.93. The van der Waals surface area contributed by atoms with Crippen molar-refractivity contribution in [3.63, 3.8) is 0 Å². The number of aryl methyl sites for hydroxylation is 1. The number of anilines is 1. The Morgan fingerprint density at radius 3 is 2.73 bits per heavy atom. The van der Waals surface area contributed by atoms with Crippen LogP contribution in [-0.4, -0.2) is 26.3 Å². The highest BCUT2D eigenvalue weighted by Gasteiger charge is 2.21. The topological polar surface area (TPSA) is 39.4 Å². The lowest BCUT2D eigenvalue weighted by molar-refractivity contribution is -0.599. The highest BCUT2D eigenvalue weighted by atomic mass is 35.5. The second kappa shape index (κ2) is 4.24. The van der Waals surface area contributed by atoms with E-state index in [4.69, 9.17) is 16.3 Å². The summed E-state index contributed by atoms with van der Waals surface area (Å²) in [5, 5.41) is 12.4. The zero-order valence-corrected chi connectivity index (χ0v) is 9.33. The van der Waals surface area contributed by atoms with Crippen LogP contribution in [0.25, 0.3) is 0 Å². The van der Waals surface area contributed by atoms with Crippen molar-refractivity contribution in [1.29, 1.82) is 0 Å². The Kier molecular flexibility index (Phi) is 2.98. The molecule has 4 nitrogen and oxygen atoms in total. The van der Waals surface area contributed by atoms with Crippen LogP contribution in [0, 0.1) is 12.1 Å². The molecular weight excluding hydrogens is 216 g/mol. The lowest BCUT2D eigenvalue weighted by Crippen LogP contribution is -2.45. The SMILES string of the molecule is Cc1cc(Cl)cc(N2CCOCC2)[n+]1[O-]. The van der Waals surface area contributed by atoms with Gasteiger partial charge in [0.2, 0.25) is 0 Å². The summed E-state index contributed by atoms with van der Waals surface area (Å²) in [6, 6.07) is 3.37. The van der Waals surface area contributed by atoms with E-state index in [1.807, 2.05) is 4.90 Å². The van der Waals surface area contributed by atoms with Gasteiger partial charge in [0, 0.05) is 6.07 Å². The van der Waals surface area contributed by atoms with Crippen LogP contribution < -0.4 is 9.63 Å². The molecule has 0 unspecified atom stereocenters. The summed E-state index contributed by atoms with van der Waals surface area (Å²) < 4.78 is 6.15. The van der Waals surface area contributed by atoms with Gasteiger partial charge in [-0.15, -0.1) is 0 Å². The Hall–Kier alpha value is -1.00. The van der Waals surface area contributed by atoms with Crippen molar-refractivity contribution < 1.29 is 9.47 Å². The molecule has 0 atom stereocenters. The molecule has 0 amide bonds. The standard InChI is InChI=1S/C10H13ClN2O2/c1-8-6-9(11)7-10(13(8)14)12-2-4-15-5-3-12/h6-7H,2-5H2,1H3. The number of hydrogen-bond acceptors (Lipinski definition) is 3. The second-order valence-corrected chi connectivity index (χ2v) is 4.00. The van der Waals surface area contributed by atoms with Gasteiger partial charge in [0.25, 0.3) is 5.82 Å².